The molecule has 4 rings (SSSR count). The van der Waals surface area contributed by atoms with Crippen LogP contribution in [0.5, 0.6) is 5.75 Å². The molecular formula is C23H27F3N4O3. The van der Waals surface area contributed by atoms with Crippen molar-refractivity contribution in [2.45, 2.75) is 38.3 Å². The molecular weight excluding hydrogens is 437 g/mol. The molecule has 2 aliphatic heterocycles. The van der Waals surface area contributed by atoms with Crippen molar-refractivity contribution < 1.29 is 27.5 Å². The Morgan fingerprint density at radius 2 is 1.73 bits per heavy atom. The molecule has 2 aromatic rings. The Morgan fingerprint density at radius 1 is 1.03 bits per heavy atom. The first kappa shape index (κ1) is 23.1. The van der Waals surface area contributed by atoms with Crippen molar-refractivity contribution in [1.82, 2.24) is 19.6 Å². The second-order valence-corrected chi connectivity index (χ2v) is 8.49. The number of benzene rings is 1. The number of alkyl halides is 3. The summed E-state index contributed by atoms with van der Waals surface area (Å²) in [7, 11) is 1.38. The SMILES string of the molecule is COc1cn(-c2cccc(C(F)(F)F)c2)nc1C(=O)N1CCC(C(=O)N2CCCCC2)CC1. The Balaban J connectivity index is 1.46. The highest BCUT2D eigenvalue weighted by Gasteiger charge is 2.33. The van der Waals surface area contributed by atoms with Crippen molar-refractivity contribution in [2.24, 2.45) is 5.92 Å². The van der Waals surface area contributed by atoms with Crippen LogP contribution in [0.3, 0.4) is 0 Å². The summed E-state index contributed by atoms with van der Waals surface area (Å²) < 4.78 is 45.7. The summed E-state index contributed by atoms with van der Waals surface area (Å²) in [6.07, 6.45) is 1.31. The summed E-state index contributed by atoms with van der Waals surface area (Å²) in [6, 6.07) is 4.72. The Bertz CT molecular complexity index is 1010. The molecule has 2 fully saturated rings. The third kappa shape index (κ3) is 4.99. The molecule has 0 atom stereocenters. The number of nitrogens with zero attached hydrogens (tertiary/aromatic N) is 4. The number of rotatable bonds is 4. The van der Waals surface area contributed by atoms with E-state index in [1.807, 2.05) is 4.90 Å². The second kappa shape index (κ2) is 9.44. The molecule has 2 amide bonds. The molecule has 33 heavy (non-hydrogen) atoms. The van der Waals surface area contributed by atoms with Gasteiger partial charge in [0, 0.05) is 32.1 Å². The molecule has 0 N–H and O–H groups in total. The lowest BCUT2D eigenvalue weighted by atomic mass is 9.94. The van der Waals surface area contributed by atoms with E-state index in [1.54, 1.807) is 4.90 Å². The highest BCUT2D eigenvalue weighted by Crippen LogP contribution is 2.31. The smallest absolute Gasteiger partial charge is 0.416 e. The number of carbonyl (C=O) groups excluding carboxylic acids is 2. The fourth-order valence-electron chi connectivity index (χ4n) is 4.46. The highest BCUT2D eigenvalue weighted by molar-refractivity contribution is 5.95. The minimum Gasteiger partial charge on any atom is -0.493 e. The lowest BCUT2D eigenvalue weighted by Crippen LogP contribution is -2.45. The number of likely N-dealkylation sites (tertiary alicyclic amines) is 2. The van der Waals surface area contributed by atoms with Gasteiger partial charge in [0.15, 0.2) is 11.4 Å². The zero-order valence-electron chi connectivity index (χ0n) is 18.5. The predicted molar refractivity (Wildman–Crippen MR) is 114 cm³/mol. The summed E-state index contributed by atoms with van der Waals surface area (Å²) >= 11 is 0. The summed E-state index contributed by atoms with van der Waals surface area (Å²) in [4.78, 5) is 29.5. The Labute approximate surface area is 190 Å². The third-order valence-electron chi connectivity index (χ3n) is 6.34. The van der Waals surface area contributed by atoms with E-state index in [0.29, 0.717) is 25.9 Å². The molecule has 1 aromatic heterocycles. The van der Waals surface area contributed by atoms with E-state index in [1.165, 1.54) is 30.1 Å². The second-order valence-electron chi connectivity index (χ2n) is 8.49. The van der Waals surface area contributed by atoms with Gasteiger partial charge in [0.2, 0.25) is 5.91 Å². The van der Waals surface area contributed by atoms with Crippen LogP contribution >= 0.6 is 0 Å². The number of aromatic nitrogens is 2. The molecule has 0 bridgehead atoms. The summed E-state index contributed by atoms with van der Waals surface area (Å²) in [5.41, 5.74) is -0.591. The van der Waals surface area contributed by atoms with Crippen molar-refractivity contribution in [2.75, 3.05) is 33.3 Å². The average Bonchev–Trinajstić information content (AvgIpc) is 3.28. The number of hydrogen-bond donors (Lipinski definition) is 0. The van der Waals surface area contributed by atoms with Crippen LogP contribution < -0.4 is 4.74 Å². The van der Waals surface area contributed by atoms with Crippen LogP contribution in [-0.4, -0.2) is 64.7 Å². The Morgan fingerprint density at radius 3 is 2.36 bits per heavy atom. The van der Waals surface area contributed by atoms with Gasteiger partial charge in [-0.15, -0.1) is 0 Å². The van der Waals surface area contributed by atoms with Gasteiger partial charge in [-0.3, -0.25) is 9.59 Å². The van der Waals surface area contributed by atoms with Crippen LogP contribution in [0, 0.1) is 5.92 Å². The fraction of sp³-hybridized carbons (Fsp3) is 0.522. The summed E-state index contributed by atoms with van der Waals surface area (Å²) in [6.45, 7) is 2.45. The van der Waals surface area contributed by atoms with Gasteiger partial charge in [-0.05, 0) is 50.3 Å². The quantitative estimate of drug-likeness (QED) is 0.691. The van der Waals surface area contributed by atoms with Gasteiger partial charge in [-0.2, -0.15) is 18.3 Å². The molecule has 2 aliphatic rings. The minimum atomic E-state index is -4.48. The van der Waals surface area contributed by atoms with Crippen LogP contribution in [-0.2, 0) is 11.0 Å². The monoisotopic (exact) mass is 464 g/mol. The number of halogens is 3. The topological polar surface area (TPSA) is 67.7 Å². The maximum Gasteiger partial charge on any atom is 0.416 e. The molecule has 1 aromatic carbocycles. The van der Waals surface area contributed by atoms with Gasteiger partial charge in [-0.25, -0.2) is 4.68 Å². The zero-order chi connectivity index (χ0) is 23.6. The van der Waals surface area contributed by atoms with E-state index < -0.39 is 11.7 Å². The van der Waals surface area contributed by atoms with E-state index >= 15 is 0 Å². The van der Waals surface area contributed by atoms with Crippen LogP contribution in [0.1, 0.15) is 48.2 Å². The van der Waals surface area contributed by atoms with Crippen molar-refractivity contribution >= 4 is 11.8 Å². The predicted octanol–water partition coefficient (Wildman–Crippen LogP) is 3.76. The van der Waals surface area contributed by atoms with Crippen molar-refractivity contribution in [3.63, 3.8) is 0 Å². The molecule has 0 saturated carbocycles. The van der Waals surface area contributed by atoms with Crippen molar-refractivity contribution in [3.05, 3.63) is 41.7 Å². The normalized spacial score (nSPS) is 17.8. The molecule has 0 radical (unpaired) electrons. The van der Waals surface area contributed by atoms with Crippen molar-refractivity contribution in [3.8, 4) is 11.4 Å². The molecule has 0 spiro atoms. The van der Waals surface area contributed by atoms with Crippen LogP contribution in [0.15, 0.2) is 30.5 Å². The van der Waals surface area contributed by atoms with Gasteiger partial charge in [-0.1, -0.05) is 6.07 Å². The number of ether oxygens (including phenoxy) is 1. The van der Waals surface area contributed by atoms with E-state index in [9.17, 15) is 22.8 Å². The number of hydrogen-bond acceptors (Lipinski definition) is 4. The molecule has 7 nitrogen and oxygen atoms in total. The largest absolute Gasteiger partial charge is 0.493 e. The third-order valence-corrected chi connectivity index (χ3v) is 6.34. The number of methoxy groups -OCH3 is 1. The standard InChI is InChI=1S/C23H27F3N4O3/c1-33-19-15-30(18-7-5-6-17(14-18)23(24,25)26)27-20(19)22(32)29-12-8-16(9-13-29)21(31)28-10-3-2-4-11-28/h5-7,14-16H,2-4,8-13H2,1H3. The number of amides is 2. The fourth-order valence-corrected chi connectivity index (χ4v) is 4.46. The molecule has 178 valence electrons. The average molecular weight is 464 g/mol. The maximum atomic E-state index is 13.1. The maximum absolute atomic E-state index is 13.1. The van der Waals surface area contributed by atoms with E-state index in [0.717, 1.165) is 44.5 Å². The first-order valence-corrected chi connectivity index (χ1v) is 11.2. The van der Waals surface area contributed by atoms with Gasteiger partial charge >= 0.3 is 6.18 Å². The lowest BCUT2D eigenvalue weighted by molar-refractivity contribution is -0.138. The summed E-state index contributed by atoms with van der Waals surface area (Å²) in [5, 5.41) is 4.24. The Kier molecular flexibility index (Phi) is 6.62. The van der Waals surface area contributed by atoms with Crippen LogP contribution in [0.4, 0.5) is 13.2 Å². The molecule has 0 aliphatic carbocycles. The van der Waals surface area contributed by atoms with Gasteiger partial charge in [0.25, 0.3) is 5.91 Å². The minimum absolute atomic E-state index is 0.0377. The van der Waals surface area contributed by atoms with E-state index in [4.69, 9.17) is 4.74 Å². The highest BCUT2D eigenvalue weighted by atomic mass is 19.4. The molecule has 3 heterocycles. The Hall–Kier alpha value is -3.04. The number of piperidine rings is 2. The van der Waals surface area contributed by atoms with E-state index in [-0.39, 0.29) is 34.9 Å². The van der Waals surface area contributed by atoms with Crippen molar-refractivity contribution in [1.29, 1.82) is 0 Å². The lowest BCUT2D eigenvalue weighted by Gasteiger charge is -2.35. The van der Waals surface area contributed by atoms with Gasteiger partial charge in [0.1, 0.15) is 0 Å². The number of carbonyl (C=O) groups is 2. The van der Waals surface area contributed by atoms with Crippen LogP contribution in [0.2, 0.25) is 0 Å². The van der Waals surface area contributed by atoms with Crippen LogP contribution in [0.25, 0.3) is 5.69 Å². The molecule has 0 unspecified atom stereocenters. The zero-order valence-corrected chi connectivity index (χ0v) is 18.5. The molecule has 2 saturated heterocycles. The van der Waals surface area contributed by atoms with Gasteiger partial charge in [0.05, 0.1) is 24.6 Å². The van der Waals surface area contributed by atoms with E-state index in [2.05, 4.69) is 5.10 Å². The first-order chi connectivity index (χ1) is 15.8. The first-order valence-electron chi connectivity index (χ1n) is 11.2. The molecule has 10 heteroatoms. The summed E-state index contributed by atoms with van der Waals surface area (Å²) in [5.74, 6) is -0.0877. The van der Waals surface area contributed by atoms with Gasteiger partial charge < -0.3 is 14.5 Å².